The highest BCUT2D eigenvalue weighted by Gasteiger charge is 2.38. The molecule has 7 nitrogen and oxygen atoms in total. The number of imidazole rings is 1. The van der Waals surface area contributed by atoms with Gasteiger partial charge in [-0.2, -0.15) is 24.5 Å². The highest BCUT2D eigenvalue weighted by molar-refractivity contribution is 7.08. The second-order valence-electron chi connectivity index (χ2n) is 7.93. The maximum atomic E-state index is 13.8. The molecule has 0 radical (unpaired) electrons. The predicted octanol–water partition coefficient (Wildman–Crippen LogP) is 4.79. The number of likely N-dealkylation sites (tertiary alicyclic amines) is 1. The Bertz CT molecular complexity index is 1220. The summed E-state index contributed by atoms with van der Waals surface area (Å²) >= 11 is 7.76. The number of alkyl halides is 3. The second kappa shape index (κ2) is 8.21. The van der Waals surface area contributed by atoms with E-state index in [9.17, 15) is 22.8 Å². The van der Waals surface area contributed by atoms with Gasteiger partial charge < -0.3 is 14.5 Å². The molecule has 2 fully saturated rings. The van der Waals surface area contributed by atoms with Gasteiger partial charge in [-0.25, -0.2) is 9.78 Å². The Morgan fingerprint density at radius 1 is 1.21 bits per heavy atom. The van der Waals surface area contributed by atoms with Gasteiger partial charge in [-0.15, -0.1) is 0 Å². The van der Waals surface area contributed by atoms with E-state index < -0.39 is 23.3 Å². The number of cyclic esters (lactones) is 1. The quantitative estimate of drug-likeness (QED) is 0.520. The molecule has 0 atom stereocenters. The van der Waals surface area contributed by atoms with E-state index in [1.807, 2.05) is 0 Å². The molecule has 12 heteroatoms. The molecule has 0 aromatic carbocycles. The van der Waals surface area contributed by atoms with Crippen molar-refractivity contribution in [1.82, 2.24) is 19.2 Å². The molecule has 0 aliphatic carbocycles. The van der Waals surface area contributed by atoms with Crippen LogP contribution in [-0.4, -0.2) is 63.5 Å². The van der Waals surface area contributed by atoms with E-state index >= 15 is 0 Å². The van der Waals surface area contributed by atoms with Crippen molar-refractivity contribution < 1.29 is 27.5 Å². The van der Waals surface area contributed by atoms with Gasteiger partial charge >= 0.3 is 12.3 Å². The number of halogens is 4. The first-order chi connectivity index (χ1) is 15.7. The number of ether oxygens (including phenoxy) is 1. The monoisotopic (exact) mass is 498 g/mol. The summed E-state index contributed by atoms with van der Waals surface area (Å²) in [5.74, 6) is -0.531. The summed E-state index contributed by atoms with van der Waals surface area (Å²) in [6.07, 6.45) is -2.48. The van der Waals surface area contributed by atoms with E-state index in [1.54, 1.807) is 21.7 Å². The molecule has 0 bridgehead atoms. The van der Waals surface area contributed by atoms with Gasteiger partial charge in [-0.3, -0.25) is 9.20 Å². The average molecular weight is 499 g/mol. The highest BCUT2D eigenvalue weighted by atomic mass is 35.5. The molecule has 2 aliphatic rings. The van der Waals surface area contributed by atoms with Crippen LogP contribution in [0.15, 0.2) is 29.1 Å². The van der Waals surface area contributed by atoms with Gasteiger partial charge in [0.25, 0.3) is 5.91 Å². The molecule has 3 aromatic heterocycles. The molecule has 2 amide bonds. The molecule has 2 aliphatic heterocycles. The van der Waals surface area contributed by atoms with Crippen LogP contribution in [0.2, 0.25) is 5.15 Å². The van der Waals surface area contributed by atoms with Crippen LogP contribution in [0.4, 0.5) is 18.0 Å². The average Bonchev–Trinajstić information content (AvgIpc) is 3.53. The minimum Gasteiger partial charge on any atom is -0.448 e. The predicted molar refractivity (Wildman–Crippen MR) is 115 cm³/mol. The fourth-order valence-electron chi connectivity index (χ4n) is 4.32. The summed E-state index contributed by atoms with van der Waals surface area (Å²) in [6, 6.07) is 2.70. The number of amides is 2. The molecule has 3 aromatic rings. The summed E-state index contributed by atoms with van der Waals surface area (Å²) < 4.78 is 47.6. The first kappa shape index (κ1) is 22.0. The van der Waals surface area contributed by atoms with Crippen molar-refractivity contribution in [2.24, 2.45) is 0 Å². The third-order valence-electron chi connectivity index (χ3n) is 6.01. The number of hydrogen-bond donors (Lipinski definition) is 0. The fourth-order valence-corrected chi connectivity index (χ4v) is 5.23. The minimum absolute atomic E-state index is 0.0365. The lowest BCUT2D eigenvalue weighted by molar-refractivity contribution is -0.136. The summed E-state index contributed by atoms with van der Waals surface area (Å²) in [6.45, 7) is 1.54. The van der Waals surface area contributed by atoms with E-state index in [2.05, 4.69) is 4.98 Å². The molecule has 5 rings (SSSR count). The van der Waals surface area contributed by atoms with Gasteiger partial charge in [0.1, 0.15) is 11.8 Å². The third kappa shape index (κ3) is 3.93. The molecular weight excluding hydrogens is 481 g/mol. The Morgan fingerprint density at radius 2 is 1.97 bits per heavy atom. The van der Waals surface area contributed by atoms with Gasteiger partial charge in [0.2, 0.25) is 0 Å². The maximum Gasteiger partial charge on any atom is 0.420 e. The molecule has 0 N–H and O–H groups in total. The highest BCUT2D eigenvalue weighted by Crippen LogP contribution is 2.37. The Labute approximate surface area is 195 Å². The number of fused-ring (bicyclic) bond motifs is 1. The summed E-state index contributed by atoms with van der Waals surface area (Å²) in [4.78, 5) is 32.1. The first-order valence-corrected chi connectivity index (χ1v) is 11.6. The van der Waals surface area contributed by atoms with E-state index in [1.165, 1.54) is 22.4 Å². The van der Waals surface area contributed by atoms with E-state index in [-0.39, 0.29) is 23.0 Å². The van der Waals surface area contributed by atoms with Gasteiger partial charge in [0, 0.05) is 25.3 Å². The minimum atomic E-state index is -4.68. The van der Waals surface area contributed by atoms with Crippen molar-refractivity contribution in [2.45, 2.75) is 25.1 Å². The molecular formula is C21H18ClF3N4O3S. The zero-order valence-electron chi connectivity index (χ0n) is 17.1. The molecule has 5 heterocycles. The number of thiophene rings is 1. The molecule has 0 saturated carbocycles. The van der Waals surface area contributed by atoms with Gasteiger partial charge in [0.05, 0.1) is 12.1 Å². The topological polar surface area (TPSA) is 67.2 Å². The lowest BCUT2D eigenvalue weighted by atomic mass is 10.0. The summed E-state index contributed by atoms with van der Waals surface area (Å²) in [5, 5.41) is 3.34. The SMILES string of the molecule is O=C(c1nc2c(C(F)(F)F)cc(-c3ccsc3)cn2c1Cl)N1CCC(N2CCOC2=O)CC1. The number of aromatic nitrogens is 2. The van der Waals surface area contributed by atoms with Crippen LogP contribution in [0.1, 0.15) is 28.9 Å². The van der Waals surface area contributed by atoms with Crippen LogP contribution in [0.25, 0.3) is 16.8 Å². The Morgan fingerprint density at radius 3 is 2.58 bits per heavy atom. The van der Waals surface area contributed by atoms with Crippen molar-refractivity contribution in [1.29, 1.82) is 0 Å². The lowest BCUT2D eigenvalue weighted by Crippen LogP contribution is -2.47. The summed E-state index contributed by atoms with van der Waals surface area (Å²) in [5.41, 5.74) is -0.646. The largest absolute Gasteiger partial charge is 0.448 e. The summed E-state index contributed by atoms with van der Waals surface area (Å²) in [7, 11) is 0. The van der Waals surface area contributed by atoms with Crippen molar-refractivity contribution >= 4 is 40.6 Å². The van der Waals surface area contributed by atoms with Crippen LogP contribution >= 0.6 is 22.9 Å². The number of nitrogens with zero attached hydrogens (tertiary/aromatic N) is 4. The Kier molecular flexibility index (Phi) is 5.48. The number of pyridine rings is 1. The number of carbonyl (C=O) groups is 2. The molecule has 174 valence electrons. The molecule has 2 saturated heterocycles. The lowest BCUT2D eigenvalue weighted by Gasteiger charge is -2.35. The zero-order valence-corrected chi connectivity index (χ0v) is 18.7. The van der Waals surface area contributed by atoms with E-state index in [0.29, 0.717) is 50.2 Å². The normalized spacial score (nSPS) is 17.8. The zero-order chi connectivity index (χ0) is 23.3. The van der Waals surface area contributed by atoms with Gasteiger partial charge in [0.15, 0.2) is 11.3 Å². The van der Waals surface area contributed by atoms with Crippen molar-refractivity contribution in [2.75, 3.05) is 26.2 Å². The van der Waals surface area contributed by atoms with Crippen LogP contribution < -0.4 is 0 Å². The number of piperidine rings is 1. The number of hydrogen-bond acceptors (Lipinski definition) is 5. The van der Waals surface area contributed by atoms with E-state index in [0.717, 1.165) is 10.5 Å². The van der Waals surface area contributed by atoms with Gasteiger partial charge in [-0.05, 0) is 46.9 Å². The fraction of sp³-hybridized carbons (Fsp3) is 0.381. The number of carbonyl (C=O) groups excluding carboxylic acids is 2. The van der Waals surface area contributed by atoms with Crippen LogP contribution in [-0.2, 0) is 10.9 Å². The molecule has 33 heavy (non-hydrogen) atoms. The van der Waals surface area contributed by atoms with Crippen LogP contribution in [0, 0.1) is 0 Å². The Hall–Kier alpha value is -2.79. The van der Waals surface area contributed by atoms with Crippen LogP contribution in [0.5, 0.6) is 0 Å². The van der Waals surface area contributed by atoms with Crippen molar-refractivity contribution in [3.8, 4) is 11.1 Å². The van der Waals surface area contributed by atoms with Crippen molar-refractivity contribution in [3.05, 3.63) is 45.5 Å². The number of rotatable bonds is 3. The first-order valence-electron chi connectivity index (χ1n) is 10.3. The van der Waals surface area contributed by atoms with Gasteiger partial charge in [-0.1, -0.05) is 11.6 Å². The van der Waals surface area contributed by atoms with Crippen molar-refractivity contribution in [3.63, 3.8) is 0 Å². The maximum absolute atomic E-state index is 13.8. The smallest absolute Gasteiger partial charge is 0.420 e. The molecule has 0 spiro atoms. The second-order valence-corrected chi connectivity index (χ2v) is 9.07. The molecule has 0 unspecified atom stereocenters. The van der Waals surface area contributed by atoms with Crippen LogP contribution in [0.3, 0.4) is 0 Å². The third-order valence-corrected chi connectivity index (χ3v) is 7.05. The standard InChI is InChI=1S/C21H18ClF3N4O3S/c22-17-16(19(30)27-4-1-14(2-5-27)28-6-7-32-20(28)31)26-18-15(21(23,24)25)9-13(10-29(17)18)12-3-8-33-11-12/h3,8-11,14H,1-2,4-7H2. The van der Waals surface area contributed by atoms with E-state index in [4.69, 9.17) is 16.3 Å². The Balaban J connectivity index is 1.46.